The minimum absolute atomic E-state index is 0.212. The van der Waals surface area contributed by atoms with Crippen molar-refractivity contribution in [1.82, 2.24) is 4.90 Å². The maximum atomic E-state index is 12.8. The topological polar surface area (TPSA) is 66.5 Å². The molecule has 1 amide bonds. The number of ether oxygens (including phenoxy) is 5. The summed E-state index contributed by atoms with van der Waals surface area (Å²) in [5.74, 6) is 2.80. The fourth-order valence-corrected chi connectivity index (χ4v) is 4.59. The van der Waals surface area contributed by atoms with Gasteiger partial charge in [-0.15, -0.1) is 0 Å². The molecule has 31 heavy (non-hydrogen) atoms. The van der Waals surface area contributed by atoms with E-state index in [0.717, 1.165) is 27.6 Å². The average molecular weight is 492 g/mol. The zero-order valence-electron chi connectivity index (χ0n) is 17.9. The van der Waals surface area contributed by atoms with E-state index in [4.69, 9.17) is 23.7 Å². The predicted octanol–water partition coefficient (Wildman–Crippen LogP) is 4.88. The highest BCUT2D eigenvalue weighted by Gasteiger charge is 2.34. The normalized spacial score (nSPS) is 16.6. The number of carbonyl (C=O) groups is 1. The van der Waals surface area contributed by atoms with Crippen LogP contribution in [0.25, 0.3) is 0 Å². The van der Waals surface area contributed by atoms with Gasteiger partial charge in [-0.25, -0.2) is 4.79 Å². The van der Waals surface area contributed by atoms with Crippen molar-refractivity contribution >= 4 is 22.0 Å². The molecule has 0 saturated carbocycles. The minimum atomic E-state index is -0.316. The van der Waals surface area contributed by atoms with Crippen LogP contribution >= 0.6 is 15.9 Å². The van der Waals surface area contributed by atoms with E-state index in [2.05, 4.69) is 15.9 Å². The summed E-state index contributed by atoms with van der Waals surface area (Å²) in [5.41, 5.74) is 3.20. The van der Waals surface area contributed by atoms with Crippen LogP contribution in [0.2, 0.25) is 0 Å². The molecule has 2 aliphatic heterocycles. The van der Waals surface area contributed by atoms with Crippen LogP contribution in [-0.2, 0) is 17.6 Å². The lowest BCUT2D eigenvalue weighted by atomic mass is 9.88. The molecule has 166 valence electrons. The van der Waals surface area contributed by atoms with Gasteiger partial charge in [0.05, 0.1) is 26.4 Å². The third-order valence-corrected chi connectivity index (χ3v) is 6.28. The molecular weight excluding hydrogens is 466 g/mol. The molecule has 0 spiro atoms. The third-order valence-electron chi connectivity index (χ3n) is 5.54. The molecule has 2 aliphatic rings. The van der Waals surface area contributed by atoms with E-state index in [9.17, 15) is 4.79 Å². The minimum Gasteiger partial charge on any atom is -0.493 e. The third kappa shape index (κ3) is 4.26. The van der Waals surface area contributed by atoms with E-state index in [-0.39, 0.29) is 18.9 Å². The summed E-state index contributed by atoms with van der Waals surface area (Å²) < 4.78 is 28.7. The Morgan fingerprint density at radius 1 is 1.13 bits per heavy atom. The lowest BCUT2D eigenvalue weighted by Crippen LogP contribution is -2.41. The van der Waals surface area contributed by atoms with E-state index < -0.39 is 0 Å². The Bertz CT molecular complexity index is 979. The highest BCUT2D eigenvalue weighted by molar-refractivity contribution is 9.10. The molecule has 0 N–H and O–H groups in total. The molecule has 0 fully saturated rings. The fourth-order valence-electron chi connectivity index (χ4n) is 4.11. The molecule has 1 unspecified atom stereocenters. The number of methoxy groups -OCH3 is 1. The number of carbonyl (C=O) groups excluding carboxylic acids is 1. The Labute approximate surface area is 190 Å². The number of benzene rings is 2. The highest BCUT2D eigenvalue weighted by atomic mass is 79.9. The number of rotatable bonds is 6. The maximum Gasteiger partial charge on any atom is 0.410 e. The van der Waals surface area contributed by atoms with Gasteiger partial charge in [-0.3, -0.25) is 0 Å². The number of hydrogen-bond acceptors (Lipinski definition) is 6. The molecular formula is C23H26BrNO6. The smallest absolute Gasteiger partial charge is 0.410 e. The summed E-state index contributed by atoms with van der Waals surface area (Å²) in [6.07, 6.45) is 0.986. The summed E-state index contributed by atoms with van der Waals surface area (Å²) in [6, 6.07) is 7.68. The van der Waals surface area contributed by atoms with Crippen molar-refractivity contribution in [2.24, 2.45) is 0 Å². The lowest BCUT2D eigenvalue weighted by molar-refractivity contribution is 0.0862. The van der Waals surface area contributed by atoms with E-state index in [1.54, 1.807) is 12.0 Å². The van der Waals surface area contributed by atoms with Crippen molar-refractivity contribution in [3.63, 3.8) is 0 Å². The number of nitrogens with zero attached hydrogens (tertiary/aromatic N) is 1. The molecule has 2 aromatic carbocycles. The molecule has 0 saturated heterocycles. The van der Waals surface area contributed by atoms with E-state index in [1.807, 2.05) is 38.1 Å². The Balaban J connectivity index is 1.76. The first-order valence-electron chi connectivity index (χ1n) is 10.4. The largest absolute Gasteiger partial charge is 0.493 e. The summed E-state index contributed by atoms with van der Waals surface area (Å²) in [7, 11) is 1.64. The highest BCUT2D eigenvalue weighted by Crippen LogP contribution is 2.43. The van der Waals surface area contributed by atoms with Crippen LogP contribution < -0.4 is 18.9 Å². The van der Waals surface area contributed by atoms with Crippen LogP contribution in [0, 0.1) is 0 Å². The van der Waals surface area contributed by atoms with Gasteiger partial charge in [-0.1, -0.05) is 15.9 Å². The molecule has 8 heteroatoms. The summed E-state index contributed by atoms with van der Waals surface area (Å²) in [6.45, 7) is 5.38. The fraction of sp³-hybridized carbons (Fsp3) is 0.435. The first-order chi connectivity index (χ1) is 15.0. The maximum absolute atomic E-state index is 12.8. The van der Waals surface area contributed by atoms with Crippen molar-refractivity contribution < 1.29 is 28.5 Å². The summed E-state index contributed by atoms with van der Waals surface area (Å²) in [4.78, 5) is 14.6. The zero-order valence-corrected chi connectivity index (χ0v) is 19.5. The van der Waals surface area contributed by atoms with Crippen molar-refractivity contribution in [1.29, 1.82) is 0 Å². The Morgan fingerprint density at radius 2 is 1.90 bits per heavy atom. The molecule has 0 radical (unpaired) electrons. The van der Waals surface area contributed by atoms with Gasteiger partial charge in [-0.2, -0.15) is 0 Å². The van der Waals surface area contributed by atoms with Gasteiger partial charge < -0.3 is 28.6 Å². The Kier molecular flexibility index (Phi) is 6.46. The second-order valence-corrected chi connectivity index (χ2v) is 8.15. The van der Waals surface area contributed by atoms with E-state index in [0.29, 0.717) is 49.2 Å². The molecule has 0 bridgehead atoms. The second-order valence-electron chi connectivity index (χ2n) is 7.29. The number of hydrogen-bond donors (Lipinski definition) is 0. The first kappa shape index (κ1) is 21.6. The van der Waals surface area contributed by atoms with Gasteiger partial charge in [-0.05, 0) is 67.6 Å². The monoisotopic (exact) mass is 491 g/mol. The summed E-state index contributed by atoms with van der Waals surface area (Å²) >= 11 is 3.65. The quantitative estimate of drug-likeness (QED) is 0.573. The lowest BCUT2D eigenvalue weighted by Gasteiger charge is -2.37. The van der Waals surface area contributed by atoms with E-state index in [1.165, 1.54) is 0 Å². The SMILES string of the molecule is CCOC(=O)N1CCc2cc(OC)c(OCC)cc2C1Cc1cc2c(cc1Br)OCO2. The second kappa shape index (κ2) is 9.26. The van der Waals surface area contributed by atoms with Crippen molar-refractivity contribution in [3.8, 4) is 23.0 Å². The van der Waals surface area contributed by atoms with Gasteiger partial charge in [0.25, 0.3) is 0 Å². The molecule has 2 aromatic rings. The van der Waals surface area contributed by atoms with Crippen LogP contribution in [0.4, 0.5) is 4.79 Å². The summed E-state index contributed by atoms with van der Waals surface area (Å²) in [5, 5.41) is 0. The number of amides is 1. The van der Waals surface area contributed by atoms with Gasteiger partial charge in [0.15, 0.2) is 23.0 Å². The van der Waals surface area contributed by atoms with Crippen molar-refractivity contribution in [2.45, 2.75) is 32.7 Å². The van der Waals surface area contributed by atoms with Gasteiger partial charge >= 0.3 is 6.09 Å². The number of halogens is 1. The van der Waals surface area contributed by atoms with Crippen LogP contribution in [0.1, 0.15) is 36.6 Å². The Morgan fingerprint density at radius 3 is 2.61 bits per heavy atom. The molecule has 0 aromatic heterocycles. The molecule has 7 nitrogen and oxygen atoms in total. The van der Waals surface area contributed by atoms with Gasteiger partial charge in [0.1, 0.15) is 0 Å². The van der Waals surface area contributed by atoms with Crippen molar-refractivity contribution in [2.75, 3.05) is 33.7 Å². The van der Waals surface area contributed by atoms with Gasteiger partial charge in [0, 0.05) is 11.0 Å². The molecule has 0 aliphatic carbocycles. The predicted molar refractivity (Wildman–Crippen MR) is 118 cm³/mol. The van der Waals surface area contributed by atoms with Crippen LogP contribution in [0.3, 0.4) is 0 Å². The standard InChI is InChI=1S/C23H26BrNO6/c1-4-28-21-11-16-14(9-19(21)27-3)6-7-25(23(26)29-5-2)18(16)8-15-10-20-22(12-17(15)24)31-13-30-20/h9-12,18H,4-8,13H2,1-3H3. The number of fused-ring (bicyclic) bond motifs is 2. The van der Waals surface area contributed by atoms with Gasteiger partial charge in [0.2, 0.25) is 6.79 Å². The van der Waals surface area contributed by atoms with Crippen LogP contribution in [0.5, 0.6) is 23.0 Å². The first-order valence-corrected chi connectivity index (χ1v) is 11.2. The molecule has 1 atom stereocenters. The van der Waals surface area contributed by atoms with Crippen LogP contribution in [0.15, 0.2) is 28.7 Å². The van der Waals surface area contributed by atoms with Crippen molar-refractivity contribution in [3.05, 3.63) is 45.4 Å². The average Bonchev–Trinajstić information content (AvgIpc) is 3.21. The molecule has 4 rings (SSSR count). The van der Waals surface area contributed by atoms with Crippen LogP contribution in [-0.4, -0.2) is 44.7 Å². The van der Waals surface area contributed by atoms with E-state index >= 15 is 0 Å². The molecule has 2 heterocycles. The zero-order chi connectivity index (χ0) is 22.0. The Hall–Kier alpha value is -2.61.